The van der Waals surface area contributed by atoms with E-state index in [2.05, 4.69) is 4.72 Å². The van der Waals surface area contributed by atoms with E-state index in [1.807, 2.05) is 0 Å². The largest absolute Gasteiger partial charge is 0.345 e. The summed E-state index contributed by atoms with van der Waals surface area (Å²) in [6.07, 6.45) is 2.13. The molecule has 1 aromatic rings. The van der Waals surface area contributed by atoms with Crippen molar-refractivity contribution in [3.8, 4) is 0 Å². The van der Waals surface area contributed by atoms with Gasteiger partial charge in [-0.05, 0) is 37.0 Å². The summed E-state index contributed by atoms with van der Waals surface area (Å²) in [4.78, 5) is 13.4. The van der Waals surface area contributed by atoms with Crippen LogP contribution in [-0.4, -0.2) is 45.9 Å². The third-order valence-electron chi connectivity index (χ3n) is 3.53. The number of amides is 1. The smallest absolute Gasteiger partial charge is 0.253 e. The number of nitrogens with two attached hydrogens (primary N) is 1. The van der Waals surface area contributed by atoms with Crippen LogP contribution in [0.5, 0.6) is 0 Å². The molecule has 0 bridgehead atoms. The maximum absolute atomic E-state index is 12.2. The molecule has 1 unspecified atom stereocenters. The molecular formula is C14H21N3O3S. The summed E-state index contributed by atoms with van der Waals surface area (Å²) in [5.74, 6) is 0.191. The Hall–Kier alpha value is -1.44. The highest BCUT2D eigenvalue weighted by Crippen LogP contribution is 2.31. The number of nitrogens with zero attached hydrogens (tertiary/aromatic N) is 1. The van der Waals surface area contributed by atoms with Crippen LogP contribution in [0.25, 0.3) is 0 Å². The topological polar surface area (TPSA) is 92.5 Å². The van der Waals surface area contributed by atoms with Gasteiger partial charge in [0.25, 0.3) is 5.91 Å². The van der Waals surface area contributed by atoms with Crippen LogP contribution in [0, 0.1) is 5.92 Å². The summed E-state index contributed by atoms with van der Waals surface area (Å²) in [5, 5.41) is 0. The Labute approximate surface area is 125 Å². The molecule has 0 heterocycles. The van der Waals surface area contributed by atoms with E-state index in [0.717, 1.165) is 12.8 Å². The quantitative estimate of drug-likeness (QED) is 0.795. The molecule has 1 aromatic carbocycles. The first-order chi connectivity index (χ1) is 9.81. The van der Waals surface area contributed by atoms with Gasteiger partial charge in [0.05, 0.1) is 4.90 Å². The van der Waals surface area contributed by atoms with Gasteiger partial charge >= 0.3 is 0 Å². The molecule has 6 nitrogen and oxygen atoms in total. The van der Waals surface area contributed by atoms with E-state index in [-0.39, 0.29) is 23.4 Å². The third-order valence-corrected chi connectivity index (χ3v) is 4.96. The molecule has 116 valence electrons. The maximum atomic E-state index is 12.2. The lowest BCUT2D eigenvalue weighted by molar-refractivity contribution is 0.0827. The number of nitrogens with one attached hydrogen (secondary N) is 1. The molecule has 2 rings (SSSR count). The zero-order valence-corrected chi connectivity index (χ0v) is 13.1. The SMILES string of the molecule is CN(C)C(=O)c1cccc(S(=O)(=O)NCC(N)C2CC2)c1. The highest BCUT2D eigenvalue weighted by atomic mass is 32.2. The average molecular weight is 311 g/mol. The molecule has 0 aromatic heterocycles. The highest BCUT2D eigenvalue weighted by molar-refractivity contribution is 7.89. The molecule has 1 amide bonds. The molecule has 0 saturated heterocycles. The van der Waals surface area contributed by atoms with Crippen molar-refractivity contribution in [2.45, 2.75) is 23.8 Å². The van der Waals surface area contributed by atoms with Crippen molar-refractivity contribution in [2.75, 3.05) is 20.6 Å². The van der Waals surface area contributed by atoms with Gasteiger partial charge in [0.1, 0.15) is 0 Å². The average Bonchev–Trinajstić information content (AvgIpc) is 3.28. The van der Waals surface area contributed by atoms with Crippen LogP contribution in [0.15, 0.2) is 29.2 Å². The minimum atomic E-state index is -3.64. The molecule has 0 radical (unpaired) electrons. The first kappa shape index (κ1) is 15.9. The van der Waals surface area contributed by atoms with Gasteiger partial charge < -0.3 is 10.6 Å². The maximum Gasteiger partial charge on any atom is 0.253 e. The predicted molar refractivity (Wildman–Crippen MR) is 80.3 cm³/mol. The van der Waals surface area contributed by atoms with Crippen LogP contribution in [0.2, 0.25) is 0 Å². The van der Waals surface area contributed by atoms with Crippen molar-refractivity contribution in [3.05, 3.63) is 29.8 Å². The molecular weight excluding hydrogens is 290 g/mol. The second-order valence-corrected chi connectivity index (χ2v) is 7.35. The molecule has 1 fully saturated rings. The summed E-state index contributed by atoms with van der Waals surface area (Å²) in [5.41, 5.74) is 6.24. The van der Waals surface area contributed by atoms with Gasteiger partial charge in [-0.15, -0.1) is 0 Å². The number of carbonyl (C=O) groups excluding carboxylic acids is 1. The molecule has 0 spiro atoms. The van der Waals surface area contributed by atoms with Crippen LogP contribution in [-0.2, 0) is 10.0 Å². The monoisotopic (exact) mass is 311 g/mol. The van der Waals surface area contributed by atoms with Crippen LogP contribution < -0.4 is 10.5 Å². The van der Waals surface area contributed by atoms with Crippen LogP contribution in [0.1, 0.15) is 23.2 Å². The molecule has 1 aliphatic rings. The second kappa shape index (κ2) is 6.13. The second-order valence-electron chi connectivity index (χ2n) is 5.58. The van der Waals surface area contributed by atoms with E-state index in [0.29, 0.717) is 11.5 Å². The fourth-order valence-corrected chi connectivity index (χ4v) is 3.15. The van der Waals surface area contributed by atoms with Gasteiger partial charge in [0.2, 0.25) is 10.0 Å². The van der Waals surface area contributed by atoms with Gasteiger partial charge in [-0.25, -0.2) is 13.1 Å². The Morgan fingerprint density at radius 1 is 1.43 bits per heavy atom. The minimum Gasteiger partial charge on any atom is -0.345 e. The lowest BCUT2D eigenvalue weighted by atomic mass is 10.2. The van der Waals surface area contributed by atoms with Crippen molar-refractivity contribution in [1.82, 2.24) is 9.62 Å². The van der Waals surface area contributed by atoms with Gasteiger partial charge in [-0.1, -0.05) is 6.07 Å². The minimum absolute atomic E-state index is 0.0817. The van der Waals surface area contributed by atoms with E-state index >= 15 is 0 Å². The summed E-state index contributed by atoms with van der Waals surface area (Å²) in [6, 6.07) is 5.86. The van der Waals surface area contributed by atoms with Crippen molar-refractivity contribution >= 4 is 15.9 Å². The molecule has 1 atom stereocenters. The van der Waals surface area contributed by atoms with E-state index in [1.54, 1.807) is 26.2 Å². The first-order valence-corrected chi connectivity index (χ1v) is 8.36. The lowest BCUT2D eigenvalue weighted by Gasteiger charge is -2.14. The van der Waals surface area contributed by atoms with Gasteiger partial charge in [0.15, 0.2) is 0 Å². The normalized spacial score (nSPS) is 16.5. The van der Waals surface area contributed by atoms with E-state index in [9.17, 15) is 13.2 Å². The van der Waals surface area contributed by atoms with Gasteiger partial charge in [-0.2, -0.15) is 0 Å². The van der Waals surface area contributed by atoms with E-state index in [1.165, 1.54) is 17.0 Å². The highest BCUT2D eigenvalue weighted by Gasteiger charge is 2.29. The van der Waals surface area contributed by atoms with Crippen LogP contribution >= 0.6 is 0 Å². The fourth-order valence-electron chi connectivity index (χ4n) is 2.03. The molecule has 1 aliphatic carbocycles. The van der Waals surface area contributed by atoms with Gasteiger partial charge in [-0.3, -0.25) is 4.79 Å². The van der Waals surface area contributed by atoms with E-state index in [4.69, 9.17) is 5.73 Å². The molecule has 3 N–H and O–H groups in total. The van der Waals surface area contributed by atoms with Crippen LogP contribution in [0.3, 0.4) is 0 Å². The zero-order valence-electron chi connectivity index (χ0n) is 12.2. The van der Waals surface area contributed by atoms with Crippen molar-refractivity contribution in [1.29, 1.82) is 0 Å². The molecule has 0 aliphatic heterocycles. The molecule has 21 heavy (non-hydrogen) atoms. The Bertz CT molecular complexity index is 624. The Morgan fingerprint density at radius 2 is 2.10 bits per heavy atom. The summed E-state index contributed by atoms with van der Waals surface area (Å²) in [6.45, 7) is 0.221. The standard InChI is InChI=1S/C14H21N3O3S/c1-17(2)14(18)11-4-3-5-12(8-11)21(19,20)16-9-13(15)10-6-7-10/h3-5,8,10,13,16H,6-7,9,15H2,1-2H3. The number of sulfonamides is 1. The predicted octanol–water partition coefficient (Wildman–Crippen LogP) is 0.404. The van der Waals surface area contributed by atoms with Crippen molar-refractivity contribution in [3.63, 3.8) is 0 Å². The van der Waals surface area contributed by atoms with Crippen molar-refractivity contribution < 1.29 is 13.2 Å². The molecule has 1 saturated carbocycles. The third kappa shape index (κ3) is 4.03. The van der Waals surface area contributed by atoms with Gasteiger partial charge in [0, 0.05) is 32.2 Å². The number of rotatable bonds is 6. The van der Waals surface area contributed by atoms with E-state index < -0.39 is 10.0 Å². The number of carbonyl (C=O) groups is 1. The Kier molecular flexibility index (Phi) is 4.65. The van der Waals surface area contributed by atoms with Crippen molar-refractivity contribution in [2.24, 2.45) is 11.7 Å². The summed E-state index contributed by atoms with van der Waals surface area (Å²) in [7, 11) is -0.401. The summed E-state index contributed by atoms with van der Waals surface area (Å²) >= 11 is 0. The molecule has 7 heteroatoms. The Balaban J connectivity index is 2.11. The fraction of sp³-hybridized carbons (Fsp3) is 0.500. The number of hydrogen-bond acceptors (Lipinski definition) is 4. The number of hydrogen-bond donors (Lipinski definition) is 2. The first-order valence-electron chi connectivity index (χ1n) is 6.88. The zero-order chi connectivity index (χ0) is 15.6. The van der Waals surface area contributed by atoms with Crippen LogP contribution in [0.4, 0.5) is 0 Å². The summed E-state index contributed by atoms with van der Waals surface area (Å²) < 4.78 is 27.0. The lowest BCUT2D eigenvalue weighted by Crippen LogP contribution is -2.38. The number of benzene rings is 1. The Morgan fingerprint density at radius 3 is 2.67 bits per heavy atom.